The van der Waals surface area contributed by atoms with Gasteiger partial charge in [-0.15, -0.1) is 0 Å². The molecule has 0 aliphatic carbocycles. The second-order valence-electron chi connectivity index (χ2n) is 7.54. The normalized spacial score (nSPS) is 10.8. The van der Waals surface area contributed by atoms with Gasteiger partial charge in [-0.05, 0) is 40.3 Å². The quantitative estimate of drug-likeness (QED) is 0.371. The highest BCUT2D eigenvalue weighted by Crippen LogP contribution is 2.25. The second-order valence-corrected chi connectivity index (χ2v) is 7.54. The predicted molar refractivity (Wildman–Crippen MR) is 130 cm³/mol. The number of hydrogen-bond donors (Lipinski definition) is 2. The Morgan fingerprint density at radius 2 is 1.28 bits per heavy atom. The van der Waals surface area contributed by atoms with Crippen LogP contribution in [0.1, 0.15) is 10.4 Å². The molecular formula is C28H20N2O2. The van der Waals surface area contributed by atoms with Gasteiger partial charge in [0.1, 0.15) is 5.56 Å². The van der Waals surface area contributed by atoms with Gasteiger partial charge >= 0.3 is 0 Å². The molecule has 0 saturated heterocycles. The van der Waals surface area contributed by atoms with E-state index in [0.717, 1.165) is 27.5 Å². The molecule has 0 saturated carbocycles. The van der Waals surface area contributed by atoms with Gasteiger partial charge in [0, 0.05) is 16.8 Å². The number of aromatic amines is 1. The van der Waals surface area contributed by atoms with Crippen molar-refractivity contribution in [3.8, 4) is 22.4 Å². The van der Waals surface area contributed by atoms with E-state index < -0.39 is 11.5 Å². The first kappa shape index (κ1) is 19.5. The molecule has 154 valence electrons. The van der Waals surface area contributed by atoms with Crippen LogP contribution in [0.4, 0.5) is 5.69 Å². The van der Waals surface area contributed by atoms with Crippen LogP contribution in [0.5, 0.6) is 0 Å². The molecule has 0 bridgehead atoms. The molecule has 4 aromatic carbocycles. The Labute approximate surface area is 185 Å². The van der Waals surface area contributed by atoms with Crippen molar-refractivity contribution in [2.45, 2.75) is 0 Å². The molecule has 0 atom stereocenters. The van der Waals surface area contributed by atoms with Crippen LogP contribution in [0, 0.1) is 0 Å². The maximum atomic E-state index is 12.8. The molecule has 5 rings (SSSR count). The standard InChI is InChI=1S/C28H20N2O2/c31-27-24(28(32)30-26-12-6-10-21-9-4-5-11-23(21)26)17-18-25(29-27)22-15-13-20(14-16-22)19-7-2-1-3-8-19/h1-18H,(H,29,31)(H,30,32). The molecule has 1 amide bonds. The zero-order valence-electron chi connectivity index (χ0n) is 17.2. The van der Waals surface area contributed by atoms with Gasteiger partial charge in [-0.25, -0.2) is 0 Å². The van der Waals surface area contributed by atoms with E-state index in [1.54, 1.807) is 12.1 Å². The van der Waals surface area contributed by atoms with Crippen LogP contribution in [-0.2, 0) is 0 Å². The highest BCUT2D eigenvalue weighted by Gasteiger charge is 2.13. The number of aromatic nitrogens is 1. The molecule has 0 unspecified atom stereocenters. The molecule has 1 aromatic heterocycles. The first-order valence-electron chi connectivity index (χ1n) is 10.4. The fourth-order valence-electron chi connectivity index (χ4n) is 3.82. The smallest absolute Gasteiger partial charge is 0.261 e. The third-order valence-electron chi connectivity index (χ3n) is 5.49. The fraction of sp³-hybridized carbons (Fsp3) is 0. The monoisotopic (exact) mass is 416 g/mol. The Hall–Kier alpha value is -4.44. The predicted octanol–water partition coefficient (Wildman–Crippen LogP) is 6.11. The summed E-state index contributed by atoms with van der Waals surface area (Å²) in [4.78, 5) is 28.3. The van der Waals surface area contributed by atoms with Crippen molar-refractivity contribution in [2.24, 2.45) is 0 Å². The summed E-state index contributed by atoms with van der Waals surface area (Å²) < 4.78 is 0. The molecule has 0 aliphatic heterocycles. The van der Waals surface area contributed by atoms with Gasteiger partial charge in [-0.2, -0.15) is 0 Å². The second kappa shape index (κ2) is 8.36. The summed E-state index contributed by atoms with van der Waals surface area (Å²) in [6.45, 7) is 0. The summed E-state index contributed by atoms with van der Waals surface area (Å²) in [5.74, 6) is -0.437. The molecule has 0 radical (unpaired) electrons. The lowest BCUT2D eigenvalue weighted by molar-refractivity contribution is 0.102. The van der Waals surface area contributed by atoms with E-state index in [0.29, 0.717) is 11.4 Å². The molecule has 4 nitrogen and oxygen atoms in total. The zero-order valence-corrected chi connectivity index (χ0v) is 17.2. The van der Waals surface area contributed by atoms with Crippen LogP contribution in [0.15, 0.2) is 114 Å². The first-order chi connectivity index (χ1) is 15.7. The Morgan fingerprint density at radius 3 is 2.06 bits per heavy atom. The van der Waals surface area contributed by atoms with E-state index in [-0.39, 0.29) is 5.56 Å². The summed E-state index contributed by atoms with van der Waals surface area (Å²) in [5.41, 5.74) is 4.10. The number of rotatable bonds is 4. The number of H-pyrrole nitrogens is 1. The van der Waals surface area contributed by atoms with E-state index in [2.05, 4.69) is 22.4 Å². The lowest BCUT2D eigenvalue weighted by Gasteiger charge is -2.09. The summed E-state index contributed by atoms with van der Waals surface area (Å²) in [5, 5.41) is 4.82. The molecule has 2 N–H and O–H groups in total. The van der Waals surface area contributed by atoms with Gasteiger partial charge in [0.2, 0.25) is 0 Å². The van der Waals surface area contributed by atoms with Crippen LogP contribution in [-0.4, -0.2) is 10.9 Å². The minimum Gasteiger partial charge on any atom is -0.321 e. The zero-order chi connectivity index (χ0) is 21.9. The SMILES string of the molecule is O=C(Nc1cccc2ccccc12)c1ccc(-c2ccc(-c3ccccc3)cc2)[nH]c1=O. The minimum absolute atomic E-state index is 0.0718. The summed E-state index contributed by atoms with van der Waals surface area (Å²) in [6.07, 6.45) is 0. The molecule has 4 heteroatoms. The molecule has 1 heterocycles. The fourth-order valence-corrected chi connectivity index (χ4v) is 3.82. The van der Waals surface area contributed by atoms with E-state index in [4.69, 9.17) is 0 Å². The summed E-state index contributed by atoms with van der Waals surface area (Å²) in [7, 11) is 0. The van der Waals surface area contributed by atoms with Crippen molar-refractivity contribution in [3.05, 3.63) is 125 Å². The lowest BCUT2D eigenvalue weighted by atomic mass is 10.0. The molecule has 0 fully saturated rings. The highest BCUT2D eigenvalue weighted by atomic mass is 16.2. The van der Waals surface area contributed by atoms with Crippen LogP contribution in [0.25, 0.3) is 33.2 Å². The maximum absolute atomic E-state index is 12.8. The number of amides is 1. The topological polar surface area (TPSA) is 62.0 Å². The van der Waals surface area contributed by atoms with Crippen LogP contribution < -0.4 is 10.9 Å². The van der Waals surface area contributed by atoms with Crippen molar-refractivity contribution < 1.29 is 4.79 Å². The number of hydrogen-bond acceptors (Lipinski definition) is 2. The van der Waals surface area contributed by atoms with Crippen LogP contribution >= 0.6 is 0 Å². The highest BCUT2D eigenvalue weighted by molar-refractivity contribution is 6.09. The maximum Gasteiger partial charge on any atom is 0.261 e. The molecule has 0 aliphatic rings. The summed E-state index contributed by atoms with van der Waals surface area (Å²) >= 11 is 0. The van der Waals surface area contributed by atoms with E-state index >= 15 is 0 Å². The Kier molecular flexibility index (Phi) is 5.10. The molecule has 5 aromatic rings. The number of benzene rings is 4. The molecule has 0 spiro atoms. The number of carbonyl (C=O) groups excluding carboxylic acids is 1. The Balaban J connectivity index is 1.39. The van der Waals surface area contributed by atoms with E-state index in [9.17, 15) is 9.59 Å². The Bertz CT molecular complexity index is 1460. The average Bonchev–Trinajstić information content (AvgIpc) is 2.85. The van der Waals surface area contributed by atoms with Crippen molar-refractivity contribution in [2.75, 3.05) is 5.32 Å². The van der Waals surface area contributed by atoms with Crippen LogP contribution in [0.2, 0.25) is 0 Å². The molecule has 32 heavy (non-hydrogen) atoms. The van der Waals surface area contributed by atoms with Gasteiger partial charge in [0.05, 0.1) is 0 Å². The van der Waals surface area contributed by atoms with Crippen molar-refractivity contribution >= 4 is 22.4 Å². The van der Waals surface area contributed by atoms with Gasteiger partial charge in [0.25, 0.3) is 11.5 Å². The summed E-state index contributed by atoms with van der Waals surface area (Å²) in [6, 6.07) is 34.9. The molecular weight excluding hydrogens is 396 g/mol. The third-order valence-corrected chi connectivity index (χ3v) is 5.49. The average molecular weight is 416 g/mol. The van der Waals surface area contributed by atoms with Crippen LogP contribution in [0.3, 0.4) is 0 Å². The van der Waals surface area contributed by atoms with Crippen molar-refractivity contribution in [1.82, 2.24) is 4.98 Å². The lowest BCUT2D eigenvalue weighted by Crippen LogP contribution is -2.23. The minimum atomic E-state index is -0.437. The Morgan fingerprint density at radius 1 is 0.625 bits per heavy atom. The number of nitrogens with one attached hydrogen (secondary N) is 2. The van der Waals surface area contributed by atoms with E-state index in [1.165, 1.54) is 0 Å². The van der Waals surface area contributed by atoms with Crippen molar-refractivity contribution in [3.63, 3.8) is 0 Å². The number of anilines is 1. The number of carbonyl (C=O) groups is 1. The van der Waals surface area contributed by atoms with E-state index in [1.807, 2.05) is 84.9 Å². The van der Waals surface area contributed by atoms with Gasteiger partial charge in [-0.1, -0.05) is 91.0 Å². The van der Waals surface area contributed by atoms with Gasteiger partial charge in [-0.3, -0.25) is 9.59 Å². The third kappa shape index (κ3) is 3.82. The van der Waals surface area contributed by atoms with Gasteiger partial charge in [0.15, 0.2) is 0 Å². The largest absolute Gasteiger partial charge is 0.321 e. The first-order valence-corrected chi connectivity index (χ1v) is 10.4. The van der Waals surface area contributed by atoms with Gasteiger partial charge < -0.3 is 10.3 Å². The van der Waals surface area contributed by atoms with Crippen molar-refractivity contribution in [1.29, 1.82) is 0 Å². The number of pyridine rings is 1. The number of fused-ring (bicyclic) bond motifs is 1.